The van der Waals surface area contributed by atoms with E-state index >= 15 is 0 Å². The Balaban J connectivity index is 3.47. The first-order chi connectivity index (χ1) is 3.81. The summed E-state index contributed by atoms with van der Waals surface area (Å²) in [5, 5.41) is 0. The van der Waals surface area contributed by atoms with E-state index in [1.807, 2.05) is 50.3 Å². The second-order valence-electron chi connectivity index (χ2n) is 1.63. The van der Waals surface area contributed by atoms with Crippen LogP contribution in [0.5, 0.6) is 0 Å². The molecule has 0 aromatic heterocycles. The first kappa shape index (κ1) is 7.28. The van der Waals surface area contributed by atoms with E-state index in [4.69, 9.17) is 0 Å². The third kappa shape index (κ3) is 3.47. The lowest BCUT2D eigenvalue weighted by Crippen LogP contribution is -1.97. The molecule has 0 aromatic rings. The van der Waals surface area contributed by atoms with E-state index in [1.165, 1.54) is 0 Å². The summed E-state index contributed by atoms with van der Waals surface area (Å²) in [5.74, 6) is 0. The lowest BCUT2D eigenvalue weighted by atomic mass is 10.6. The third-order valence-electron chi connectivity index (χ3n) is 0.768. The summed E-state index contributed by atoms with van der Waals surface area (Å²) in [7, 11) is 2.00. The Bertz CT molecular complexity index is 80.6. The van der Waals surface area contributed by atoms with Crippen LogP contribution in [0.15, 0.2) is 24.6 Å². The van der Waals surface area contributed by atoms with Gasteiger partial charge in [-0.3, -0.25) is 0 Å². The standard InChI is InChI=1S/C7H13N/c1-4-6-8(3)7-5-2/h4-7H,1-3H3/b6-4+,7-5+. The Morgan fingerprint density at radius 1 is 1.00 bits per heavy atom. The minimum Gasteiger partial charge on any atom is -0.358 e. The molecule has 0 aliphatic rings. The van der Waals surface area contributed by atoms with E-state index in [9.17, 15) is 0 Å². The van der Waals surface area contributed by atoms with Crippen molar-refractivity contribution in [2.75, 3.05) is 7.05 Å². The van der Waals surface area contributed by atoms with Crippen molar-refractivity contribution in [2.24, 2.45) is 0 Å². The van der Waals surface area contributed by atoms with Crippen LogP contribution in [0.1, 0.15) is 13.8 Å². The van der Waals surface area contributed by atoms with Crippen molar-refractivity contribution >= 4 is 0 Å². The average molecular weight is 111 g/mol. The summed E-state index contributed by atoms with van der Waals surface area (Å²) in [6, 6.07) is 0. The van der Waals surface area contributed by atoms with Crippen LogP contribution in [0.25, 0.3) is 0 Å². The van der Waals surface area contributed by atoms with Gasteiger partial charge in [0.2, 0.25) is 0 Å². The van der Waals surface area contributed by atoms with E-state index in [1.54, 1.807) is 0 Å². The Labute approximate surface area is 51.3 Å². The van der Waals surface area contributed by atoms with Gasteiger partial charge in [0.15, 0.2) is 0 Å². The minimum atomic E-state index is 2.00. The van der Waals surface area contributed by atoms with Crippen LogP contribution in [-0.2, 0) is 0 Å². The third-order valence-corrected chi connectivity index (χ3v) is 0.768. The van der Waals surface area contributed by atoms with Gasteiger partial charge in [-0.25, -0.2) is 0 Å². The smallest absolute Gasteiger partial charge is 0.0106 e. The van der Waals surface area contributed by atoms with Crippen LogP contribution >= 0.6 is 0 Å². The van der Waals surface area contributed by atoms with Crippen molar-refractivity contribution in [2.45, 2.75) is 13.8 Å². The highest BCUT2D eigenvalue weighted by Crippen LogP contribution is 1.83. The SMILES string of the molecule is C/C=C/N(C)/C=C/C. The molecule has 0 aliphatic heterocycles. The van der Waals surface area contributed by atoms with Gasteiger partial charge in [0, 0.05) is 7.05 Å². The maximum atomic E-state index is 2.00. The van der Waals surface area contributed by atoms with Crippen molar-refractivity contribution in [3.05, 3.63) is 24.6 Å². The molecule has 0 unspecified atom stereocenters. The van der Waals surface area contributed by atoms with Crippen LogP contribution in [0.4, 0.5) is 0 Å². The Kier molecular flexibility index (Phi) is 4.04. The average Bonchev–Trinajstić information content (AvgIpc) is 1.68. The summed E-state index contributed by atoms with van der Waals surface area (Å²) in [5.41, 5.74) is 0. The van der Waals surface area contributed by atoms with Crippen LogP contribution in [-0.4, -0.2) is 11.9 Å². The van der Waals surface area contributed by atoms with Crippen LogP contribution in [0, 0.1) is 0 Å². The molecule has 0 aliphatic carbocycles. The van der Waals surface area contributed by atoms with Gasteiger partial charge >= 0.3 is 0 Å². The zero-order valence-corrected chi connectivity index (χ0v) is 5.76. The normalized spacial score (nSPS) is 11.4. The molecule has 1 heteroatoms. The maximum absolute atomic E-state index is 2.00. The van der Waals surface area contributed by atoms with Crippen LogP contribution in [0.3, 0.4) is 0 Å². The number of rotatable bonds is 2. The van der Waals surface area contributed by atoms with Gasteiger partial charge in [-0.1, -0.05) is 12.2 Å². The lowest BCUT2D eigenvalue weighted by molar-refractivity contribution is 0.624. The molecular weight excluding hydrogens is 98.1 g/mol. The first-order valence-electron chi connectivity index (χ1n) is 2.78. The molecule has 1 nitrogen and oxygen atoms in total. The molecule has 8 heavy (non-hydrogen) atoms. The van der Waals surface area contributed by atoms with E-state index in [0.29, 0.717) is 0 Å². The fourth-order valence-electron chi connectivity index (χ4n) is 0.520. The zero-order valence-electron chi connectivity index (χ0n) is 5.76. The summed E-state index contributed by atoms with van der Waals surface area (Å²) in [6.07, 6.45) is 8.00. The van der Waals surface area contributed by atoms with E-state index in [-0.39, 0.29) is 0 Å². The lowest BCUT2D eigenvalue weighted by Gasteiger charge is -2.03. The first-order valence-corrected chi connectivity index (χ1v) is 2.78. The number of allylic oxidation sites excluding steroid dienone is 2. The highest BCUT2D eigenvalue weighted by Gasteiger charge is 1.73. The van der Waals surface area contributed by atoms with Gasteiger partial charge in [-0.2, -0.15) is 0 Å². The Morgan fingerprint density at radius 3 is 1.62 bits per heavy atom. The topological polar surface area (TPSA) is 3.24 Å². The fourth-order valence-corrected chi connectivity index (χ4v) is 0.520. The van der Waals surface area contributed by atoms with Gasteiger partial charge in [0.1, 0.15) is 0 Å². The molecule has 0 N–H and O–H groups in total. The van der Waals surface area contributed by atoms with Crippen molar-refractivity contribution in [3.63, 3.8) is 0 Å². The van der Waals surface area contributed by atoms with Crippen molar-refractivity contribution in [3.8, 4) is 0 Å². The van der Waals surface area contributed by atoms with Crippen molar-refractivity contribution < 1.29 is 0 Å². The minimum absolute atomic E-state index is 2.00. The van der Waals surface area contributed by atoms with Crippen LogP contribution < -0.4 is 0 Å². The summed E-state index contributed by atoms with van der Waals surface area (Å²) in [4.78, 5) is 2.00. The van der Waals surface area contributed by atoms with E-state index in [2.05, 4.69) is 0 Å². The van der Waals surface area contributed by atoms with Crippen molar-refractivity contribution in [1.82, 2.24) is 4.90 Å². The zero-order chi connectivity index (χ0) is 6.41. The van der Waals surface area contributed by atoms with Gasteiger partial charge in [-0.05, 0) is 26.2 Å². The molecule has 0 rings (SSSR count). The molecule has 0 amide bonds. The fraction of sp³-hybridized carbons (Fsp3) is 0.429. The van der Waals surface area contributed by atoms with Gasteiger partial charge in [0.05, 0.1) is 0 Å². The monoisotopic (exact) mass is 111 g/mol. The molecule has 0 atom stereocenters. The number of hydrogen-bond donors (Lipinski definition) is 0. The summed E-state index contributed by atoms with van der Waals surface area (Å²) >= 11 is 0. The molecule has 0 aromatic carbocycles. The predicted octanol–water partition coefficient (Wildman–Crippen LogP) is 1.99. The molecular formula is C7H13N. The maximum Gasteiger partial charge on any atom is 0.0106 e. The molecule has 0 heterocycles. The second-order valence-corrected chi connectivity index (χ2v) is 1.63. The highest BCUT2D eigenvalue weighted by atomic mass is 15.0. The Morgan fingerprint density at radius 2 is 1.38 bits per heavy atom. The van der Waals surface area contributed by atoms with Gasteiger partial charge in [-0.15, -0.1) is 0 Å². The molecule has 0 saturated heterocycles. The van der Waals surface area contributed by atoms with Gasteiger partial charge < -0.3 is 4.90 Å². The largest absolute Gasteiger partial charge is 0.358 e. The molecule has 0 bridgehead atoms. The van der Waals surface area contributed by atoms with Crippen LogP contribution in [0.2, 0.25) is 0 Å². The molecule has 0 spiro atoms. The quantitative estimate of drug-likeness (QED) is 0.526. The number of hydrogen-bond acceptors (Lipinski definition) is 1. The predicted molar refractivity (Wildman–Crippen MR) is 37.4 cm³/mol. The number of nitrogens with zero attached hydrogens (tertiary/aromatic N) is 1. The summed E-state index contributed by atoms with van der Waals surface area (Å²) in [6.45, 7) is 4.00. The van der Waals surface area contributed by atoms with E-state index < -0.39 is 0 Å². The molecule has 0 radical (unpaired) electrons. The highest BCUT2D eigenvalue weighted by molar-refractivity contribution is 4.85. The van der Waals surface area contributed by atoms with Gasteiger partial charge in [0.25, 0.3) is 0 Å². The summed E-state index contributed by atoms with van der Waals surface area (Å²) < 4.78 is 0. The Hall–Kier alpha value is -0.720. The second kappa shape index (κ2) is 4.44. The molecule has 0 fully saturated rings. The molecule has 46 valence electrons. The molecule has 0 saturated carbocycles. The van der Waals surface area contributed by atoms with E-state index in [0.717, 1.165) is 0 Å². The van der Waals surface area contributed by atoms with Crippen molar-refractivity contribution in [1.29, 1.82) is 0 Å².